The summed E-state index contributed by atoms with van der Waals surface area (Å²) in [6.07, 6.45) is 0. The number of nitrogens with one attached hydrogen (secondary N) is 1. The molecule has 0 atom stereocenters. The second-order valence-electron chi connectivity index (χ2n) is 5.70. The minimum atomic E-state index is -0.717. The Balaban J connectivity index is 0.000000368. The van der Waals surface area contributed by atoms with E-state index in [1.165, 1.54) is 0 Å². The smallest absolute Gasteiger partial charge is 0.384 e. The molecule has 0 spiro atoms. The first kappa shape index (κ1) is 26.7. The van der Waals surface area contributed by atoms with E-state index < -0.39 is 23.9 Å². The van der Waals surface area contributed by atoms with Crippen LogP contribution in [0.1, 0.15) is 48.5 Å². The fraction of sp³-hybridized carbons (Fsp3) is 0.364. The lowest BCUT2D eigenvalue weighted by Gasteiger charge is -2.04. The molecule has 0 saturated carbocycles. The van der Waals surface area contributed by atoms with Crippen LogP contribution in [0, 0.1) is 11.8 Å². The molecular formula is C22H24BrNO8. The maximum Gasteiger partial charge on any atom is 0.384 e. The summed E-state index contributed by atoms with van der Waals surface area (Å²) in [5.41, 5.74) is 1.01. The third-order valence-corrected chi connectivity index (χ3v) is 4.03. The molecule has 1 heterocycles. The number of hydrogen-bond acceptors (Lipinski definition) is 8. The Labute approximate surface area is 193 Å². The standard InChI is InChI=1S/C14H14BrNO4.C8H10O4/c1-3-19-13(17)11-9-6-5-8(15)7-10(9)16-12(11)14(18)20-4-2;1-3-11-7(9)5-6-8(10)12-4-2/h5-7,16H,3-4H2,1-2H3;3-4H2,1-2H3. The van der Waals surface area contributed by atoms with Gasteiger partial charge in [-0.2, -0.15) is 0 Å². The van der Waals surface area contributed by atoms with Crippen molar-refractivity contribution in [3.63, 3.8) is 0 Å². The van der Waals surface area contributed by atoms with Crippen LogP contribution in [0.2, 0.25) is 0 Å². The van der Waals surface area contributed by atoms with Gasteiger partial charge in [0.1, 0.15) is 5.69 Å². The third kappa shape index (κ3) is 8.07. The molecule has 2 aromatic rings. The van der Waals surface area contributed by atoms with Crippen molar-refractivity contribution in [3.8, 4) is 11.8 Å². The predicted octanol–water partition coefficient (Wildman–Crippen LogP) is 3.40. The quantitative estimate of drug-likeness (QED) is 0.272. The summed E-state index contributed by atoms with van der Waals surface area (Å²) in [6, 6.07) is 5.35. The molecule has 32 heavy (non-hydrogen) atoms. The van der Waals surface area contributed by atoms with Crippen molar-refractivity contribution in [1.29, 1.82) is 0 Å². The lowest BCUT2D eigenvalue weighted by molar-refractivity contribution is -0.138. The lowest BCUT2D eigenvalue weighted by Crippen LogP contribution is -2.13. The highest BCUT2D eigenvalue weighted by Gasteiger charge is 2.25. The van der Waals surface area contributed by atoms with E-state index in [-0.39, 0.29) is 37.7 Å². The highest BCUT2D eigenvalue weighted by molar-refractivity contribution is 9.10. The van der Waals surface area contributed by atoms with Gasteiger partial charge in [-0.05, 0) is 39.8 Å². The van der Waals surface area contributed by atoms with E-state index in [9.17, 15) is 19.2 Å². The average Bonchev–Trinajstić information content (AvgIpc) is 3.12. The van der Waals surface area contributed by atoms with Crippen LogP contribution in [0.4, 0.5) is 0 Å². The zero-order valence-corrected chi connectivity index (χ0v) is 19.8. The van der Waals surface area contributed by atoms with Crippen molar-refractivity contribution in [2.45, 2.75) is 27.7 Å². The van der Waals surface area contributed by atoms with Gasteiger partial charge in [-0.1, -0.05) is 22.0 Å². The van der Waals surface area contributed by atoms with Crippen LogP contribution < -0.4 is 0 Å². The zero-order valence-electron chi connectivity index (χ0n) is 18.2. The number of fused-ring (bicyclic) bond motifs is 1. The van der Waals surface area contributed by atoms with Crippen LogP contribution in [0.3, 0.4) is 0 Å². The van der Waals surface area contributed by atoms with E-state index in [0.717, 1.165) is 4.47 Å². The van der Waals surface area contributed by atoms with Crippen molar-refractivity contribution < 1.29 is 38.1 Å². The summed E-state index contributed by atoms with van der Waals surface area (Å²) in [7, 11) is 0. The summed E-state index contributed by atoms with van der Waals surface area (Å²) in [5, 5.41) is 0.634. The van der Waals surface area contributed by atoms with Crippen LogP contribution in [0.5, 0.6) is 0 Å². The maximum atomic E-state index is 12.1. The molecule has 172 valence electrons. The van der Waals surface area contributed by atoms with Gasteiger partial charge < -0.3 is 23.9 Å². The fourth-order valence-electron chi connectivity index (χ4n) is 2.38. The number of ether oxygens (including phenoxy) is 4. The topological polar surface area (TPSA) is 121 Å². The Morgan fingerprint density at radius 1 is 0.812 bits per heavy atom. The van der Waals surface area contributed by atoms with Crippen LogP contribution in [0.25, 0.3) is 10.9 Å². The Morgan fingerprint density at radius 2 is 1.31 bits per heavy atom. The Kier molecular flexibility index (Phi) is 11.6. The number of carbonyl (C=O) groups is 4. The summed E-state index contributed by atoms with van der Waals surface area (Å²) in [5.74, 6) is 1.43. The van der Waals surface area contributed by atoms with Crippen LogP contribution >= 0.6 is 15.9 Å². The highest BCUT2D eigenvalue weighted by atomic mass is 79.9. The molecule has 0 aliphatic heterocycles. The number of benzene rings is 1. The number of hydrogen-bond donors (Lipinski definition) is 1. The Hall–Kier alpha value is -3.32. The Bertz CT molecular complexity index is 1010. The zero-order chi connectivity index (χ0) is 24.1. The van der Waals surface area contributed by atoms with E-state index in [0.29, 0.717) is 10.9 Å². The maximum absolute atomic E-state index is 12.1. The molecule has 10 heteroatoms. The molecule has 0 unspecified atom stereocenters. The monoisotopic (exact) mass is 509 g/mol. The van der Waals surface area contributed by atoms with Gasteiger partial charge in [0.2, 0.25) is 0 Å². The van der Waals surface area contributed by atoms with Gasteiger partial charge >= 0.3 is 23.9 Å². The molecule has 0 radical (unpaired) electrons. The Morgan fingerprint density at radius 3 is 1.81 bits per heavy atom. The number of rotatable bonds is 6. The number of carbonyl (C=O) groups excluding carboxylic acids is 4. The first-order valence-corrected chi connectivity index (χ1v) is 10.6. The van der Waals surface area contributed by atoms with Gasteiger partial charge in [-0.15, -0.1) is 0 Å². The minimum Gasteiger partial charge on any atom is -0.462 e. The molecule has 1 aromatic carbocycles. The van der Waals surface area contributed by atoms with E-state index >= 15 is 0 Å². The third-order valence-electron chi connectivity index (χ3n) is 3.54. The minimum absolute atomic E-state index is 0.124. The van der Waals surface area contributed by atoms with Gasteiger partial charge in [0.15, 0.2) is 0 Å². The van der Waals surface area contributed by atoms with E-state index in [1.54, 1.807) is 45.9 Å². The molecule has 0 fully saturated rings. The highest BCUT2D eigenvalue weighted by Crippen LogP contribution is 2.27. The summed E-state index contributed by atoms with van der Waals surface area (Å²) < 4.78 is 19.7. The van der Waals surface area contributed by atoms with Crippen LogP contribution in [-0.4, -0.2) is 55.3 Å². The molecule has 9 nitrogen and oxygen atoms in total. The van der Waals surface area contributed by atoms with Crippen LogP contribution in [-0.2, 0) is 28.5 Å². The summed E-state index contributed by atoms with van der Waals surface area (Å²) >= 11 is 3.35. The molecule has 0 saturated heterocycles. The number of aromatic amines is 1. The van der Waals surface area contributed by atoms with Crippen molar-refractivity contribution in [2.75, 3.05) is 26.4 Å². The van der Waals surface area contributed by atoms with Crippen molar-refractivity contribution in [3.05, 3.63) is 33.9 Å². The number of halogens is 1. The molecular weight excluding hydrogens is 486 g/mol. The second kappa shape index (κ2) is 13.9. The van der Waals surface area contributed by atoms with Crippen LogP contribution in [0.15, 0.2) is 22.7 Å². The van der Waals surface area contributed by atoms with Gasteiger partial charge in [0.25, 0.3) is 0 Å². The first-order valence-electron chi connectivity index (χ1n) is 9.79. The van der Waals surface area contributed by atoms with E-state index in [1.807, 2.05) is 11.8 Å². The lowest BCUT2D eigenvalue weighted by atomic mass is 10.1. The fourth-order valence-corrected chi connectivity index (χ4v) is 2.74. The average molecular weight is 510 g/mol. The van der Waals surface area contributed by atoms with E-state index in [2.05, 4.69) is 30.4 Å². The molecule has 1 N–H and O–H groups in total. The van der Waals surface area contributed by atoms with Crippen molar-refractivity contribution in [1.82, 2.24) is 4.98 Å². The van der Waals surface area contributed by atoms with Gasteiger partial charge in [0.05, 0.1) is 32.0 Å². The molecule has 0 amide bonds. The summed E-state index contributed by atoms with van der Waals surface area (Å²) in [4.78, 5) is 48.0. The van der Waals surface area contributed by atoms with E-state index in [4.69, 9.17) is 9.47 Å². The molecule has 0 bridgehead atoms. The molecule has 0 aliphatic rings. The van der Waals surface area contributed by atoms with Gasteiger partial charge in [-0.25, -0.2) is 19.2 Å². The number of aromatic nitrogens is 1. The molecule has 2 rings (SSSR count). The predicted molar refractivity (Wildman–Crippen MR) is 119 cm³/mol. The van der Waals surface area contributed by atoms with Gasteiger partial charge in [0, 0.05) is 27.2 Å². The number of esters is 4. The normalized spacial score (nSPS) is 9.53. The first-order chi connectivity index (χ1) is 15.3. The number of H-pyrrole nitrogens is 1. The van der Waals surface area contributed by atoms with Crippen molar-refractivity contribution >= 4 is 50.7 Å². The SMILES string of the molecule is CCOC(=O)C#CC(=O)OCC.CCOC(=O)c1[nH]c2cc(Br)ccc2c1C(=O)OCC. The second-order valence-corrected chi connectivity index (χ2v) is 6.61. The molecule has 0 aliphatic carbocycles. The van der Waals surface area contributed by atoms with Gasteiger partial charge in [-0.3, -0.25) is 0 Å². The molecule has 1 aromatic heterocycles. The largest absolute Gasteiger partial charge is 0.462 e. The van der Waals surface area contributed by atoms with Crippen molar-refractivity contribution in [2.24, 2.45) is 0 Å². The summed E-state index contributed by atoms with van der Waals surface area (Å²) in [6.45, 7) is 7.71.